The lowest BCUT2D eigenvalue weighted by Crippen LogP contribution is -2.16. The largest absolute Gasteiger partial charge is 0.290 e. The van der Waals surface area contributed by atoms with Gasteiger partial charge in [-0.05, 0) is 24.6 Å². The molecular formula is C13H12N2O4S. The van der Waals surface area contributed by atoms with Crippen molar-refractivity contribution in [3.63, 3.8) is 0 Å². The molecule has 0 bridgehead atoms. The van der Waals surface area contributed by atoms with Gasteiger partial charge in [0.1, 0.15) is 0 Å². The topological polar surface area (TPSA) is 89.3 Å². The van der Waals surface area contributed by atoms with E-state index in [0.29, 0.717) is 11.3 Å². The second-order valence-electron chi connectivity index (χ2n) is 4.15. The Bertz CT molecular complexity index is 742. The average Bonchev–Trinajstić information content (AvgIpc) is 2.38. The predicted octanol–water partition coefficient (Wildman–Crippen LogP) is 2.70. The van der Waals surface area contributed by atoms with E-state index < -0.39 is 20.6 Å². The summed E-state index contributed by atoms with van der Waals surface area (Å²) in [6.07, 6.45) is 0. The van der Waals surface area contributed by atoms with Gasteiger partial charge in [-0.1, -0.05) is 30.3 Å². The molecule has 0 aromatic heterocycles. The molecule has 2 rings (SSSR count). The highest BCUT2D eigenvalue weighted by molar-refractivity contribution is 7.93. The molecule has 0 saturated heterocycles. The third-order valence-electron chi connectivity index (χ3n) is 2.68. The van der Waals surface area contributed by atoms with Gasteiger partial charge in [0.25, 0.3) is 15.7 Å². The number of rotatable bonds is 4. The minimum absolute atomic E-state index is 0.311. The van der Waals surface area contributed by atoms with E-state index in [-0.39, 0.29) is 4.90 Å². The van der Waals surface area contributed by atoms with Crippen molar-refractivity contribution in [1.82, 2.24) is 0 Å². The maximum atomic E-state index is 12.3. The molecule has 7 heteroatoms. The fraction of sp³-hybridized carbons (Fsp3) is 0.0769. The number of benzene rings is 2. The summed E-state index contributed by atoms with van der Waals surface area (Å²) in [5.74, 6) is 0. The lowest BCUT2D eigenvalue weighted by atomic mass is 10.2. The number of nitro groups is 1. The van der Waals surface area contributed by atoms with Gasteiger partial charge < -0.3 is 0 Å². The van der Waals surface area contributed by atoms with Crippen LogP contribution in [-0.2, 0) is 10.0 Å². The Morgan fingerprint density at radius 3 is 2.30 bits per heavy atom. The zero-order chi connectivity index (χ0) is 14.8. The highest BCUT2D eigenvalue weighted by Gasteiger charge is 2.27. The molecule has 0 fully saturated rings. The molecule has 104 valence electrons. The molecule has 0 amide bonds. The van der Waals surface area contributed by atoms with E-state index in [2.05, 4.69) is 4.72 Å². The Morgan fingerprint density at radius 2 is 1.70 bits per heavy atom. The van der Waals surface area contributed by atoms with E-state index in [9.17, 15) is 18.5 Å². The summed E-state index contributed by atoms with van der Waals surface area (Å²) < 4.78 is 27.0. The molecule has 0 unspecified atom stereocenters. The smallest absolute Gasteiger partial charge is 0.279 e. The van der Waals surface area contributed by atoms with E-state index in [1.165, 1.54) is 25.1 Å². The molecule has 0 heterocycles. The first-order valence-electron chi connectivity index (χ1n) is 5.74. The first kappa shape index (κ1) is 14.0. The molecule has 6 nitrogen and oxygen atoms in total. The van der Waals surface area contributed by atoms with Crippen LogP contribution < -0.4 is 4.72 Å². The SMILES string of the molecule is Cc1cccc([N+](=O)[O-])c1S(=O)(=O)Nc1ccccc1. The van der Waals surface area contributed by atoms with Crippen LogP contribution in [-0.4, -0.2) is 13.3 Å². The van der Waals surface area contributed by atoms with E-state index in [1.54, 1.807) is 30.3 Å². The highest BCUT2D eigenvalue weighted by atomic mass is 32.2. The number of nitrogens with one attached hydrogen (secondary N) is 1. The van der Waals surface area contributed by atoms with Gasteiger partial charge in [-0.15, -0.1) is 0 Å². The van der Waals surface area contributed by atoms with Gasteiger partial charge in [0.2, 0.25) is 0 Å². The Hall–Kier alpha value is -2.41. The van der Waals surface area contributed by atoms with Crippen molar-refractivity contribution in [3.8, 4) is 0 Å². The van der Waals surface area contributed by atoms with Gasteiger partial charge in [-0.25, -0.2) is 8.42 Å². The first-order chi connectivity index (χ1) is 9.42. The fourth-order valence-electron chi connectivity index (χ4n) is 1.84. The second-order valence-corrected chi connectivity index (χ2v) is 5.77. The predicted molar refractivity (Wildman–Crippen MR) is 75.1 cm³/mol. The van der Waals surface area contributed by atoms with E-state index >= 15 is 0 Å². The van der Waals surface area contributed by atoms with Gasteiger partial charge in [-0.3, -0.25) is 14.8 Å². The van der Waals surface area contributed by atoms with Crippen molar-refractivity contribution in [1.29, 1.82) is 0 Å². The number of sulfonamides is 1. The maximum absolute atomic E-state index is 12.3. The van der Waals surface area contributed by atoms with Gasteiger partial charge in [-0.2, -0.15) is 0 Å². The lowest BCUT2D eigenvalue weighted by Gasteiger charge is -2.10. The number of anilines is 1. The molecule has 0 saturated carbocycles. The number of para-hydroxylation sites is 1. The van der Waals surface area contributed by atoms with Crippen LogP contribution in [0.5, 0.6) is 0 Å². The Labute approximate surface area is 116 Å². The third kappa shape index (κ3) is 2.77. The lowest BCUT2D eigenvalue weighted by molar-refractivity contribution is -0.387. The summed E-state index contributed by atoms with van der Waals surface area (Å²) in [5, 5.41) is 11.0. The molecule has 0 atom stereocenters. The summed E-state index contributed by atoms with van der Waals surface area (Å²) >= 11 is 0. The van der Waals surface area contributed by atoms with Crippen LogP contribution in [0.1, 0.15) is 5.56 Å². The first-order valence-corrected chi connectivity index (χ1v) is 7.22. The molecule has 0 aliphatic heterocycles. The van der Waals surface area contributed by atoms with Crippen molar-refractivity contribution in [2.45, 2.75) is 11.8 Å². The fourth-order valence-corrected chi connectivity index (χ4v) is 3.30. The molecule has 0 radical (unpaired) electrons. The molecule has 2 aromatic rings. The normalized spacial score (nSPS) is 11.1. The van der Waals surface area contributed by atoms with Gasteiger partial charge in [0.05, 0.1) is 4.92 Å². The van der Waals surface area contributed by atoms with Crippen LogP contribution in [0.15, 0.2) is 53.4 Å². The number of hydrogen-bond acceptors (Lipinski definition) is 4. The highest BCUT2D eigenvalue weighted by Crippen LogP contribution is 2.28. The van der Waals surface area contributed by atoms with E-state index in [4.69, 9.17) is 0 Å². The van der Waals surface area contributed by atoms with Crippen molar-refractivity contribution in [2.75, 3.05) is 4.72 Å². The molecule has 0 aliphatic rings. The Balaban J connectivity index is 2.53. The van der Waals surface area contributed by atoms with Crippen LogP contribution in [0.2, 0.25) is 0 Å². The minimum atomic E-state index is -4.01. The van der Waals surface area contributed by atoms with E-state index in [0.717, 1.165) is 0 Å². The van der Waals surface area contributed by atoms with Crippen molar-refractivity contribution >= 4 is 21.4 Å². The molecule has 1 N–H and O–H groups in total. The minimum Gasteiger partial charge on any atom is -0.279 e. The van der Waals surface area contributed by atoms with Crippen LogP contribution >= 0.6 is 0 Å². The summed E-state index contributed by atoms with van der Waals surface area (Å²) in [6, 6.07) is 12.4. The number of aryl methyl sites for hydroxylation is 1. The Morgan fingerprint density at radius 1 is 1.05 bits per heavy atom. The summed E-state index contributed by atoms with van der Waals surface area (Å²) in [7, 11) is -4.01. The van der Waals surface area contributed by atoms with Crippen molar-refractivity contribution in [2.24, 2.45) is 0 Å². The van der Waals surface area contributed by atoms with Crippen LogP contribution in [0.3, 0.4) is 0 Å². The van der Waals surface area contributed by atoms with E-state index in [1.807, 2.05) is 0 Å². The summed E-state index contributed by atoms with van der Waals surface area (Å²) in [4.78, 5) is 9.97. The zero-order valence-corrected chi connectivity index (χ0v) is 11.4. The summed E-state index contributed by atoms with van der Waals surface area (Å²) in [5.41, 5.74) is 0.237. The average molecular weight is 292 g/mol. The zero-order valence-electron chi connectivity index (χ0n) is 10.6. The van der Waals surface area contributed by atoms with Gasteiger partial charge in [0.15, 0.2) is 4.90 Å². The van der Waals surface area contributed by atoms with Gasteiger partial charge >= 0.3 is 0 Å². The quantitative estimate of drug-likeness (QED) is 0.693. The van der Waals surface area contributed by atoms with Crippen LogP contribution in [0.4, 0.5) is 11.4 Å². The number of nitro benzene ring substituents is 1. The van der Waals surface area contributed by atoms with Crippen LogP contribution in [0.25, 0.3) is 0 Å². The Kier molecular flexibility index (Phi) is 3.71. The second kappa shape index (κ2) is 5.30. The molecule has 0 spiro atoms. The van der Waals surface area contributed by atoms with Crippen molar-refractivity contribution < 1.29 is 13.3 Å². The molecule has 20 heavy (non-hydrogen) atoms. The molecule has 0 aliphatic carbocycles. The number of nitrogens with zero attached hydrogens (tertiary/aromatic N) is 1. The standard InChI is InChI=1S/C13H12N2O4S/c1-10-6-5-9-12(15(16)17)13(10)20(18,19)14-11-7-3-2-4-8-11/h2-9,14H,1H3. The molecule has 2 aromatic carbocycles. The summed E-state index contributed by atoms with van der Waals surface area (Å²) in [6.45, 7) is 1.52. The van der Waals surface area contributed by atoms with Gasteiger partial charge in [0, 0.05) is 11.8 Å². The monoisotopic (exact) mass is 292 g/mol. The van der Waals surface area contributed by atoms with Crippen LogP contribution in [0, 0.1) is 17.0 Å². The van der Waals surface area contributed by atoms with Crippen molar-refractivity contribution in [3.05, 3.63) is 64.2 Å². The third-order valence-corrected chi connectivity index (χ3v) is 4.26. The maximum Gasteiger partial charge on any atom is 0.290 e. The molecular weight excluding hydrogens is 280 g/mol. The number of hydrogen-bond donors (Lipinski definition) is 1.